The molecule has 1 atom stereocenters. The largest absolute Gasteiger partial charge is 0.479 e. The molecule has 1 aliphatic rings. The van der Waals surface area contributed by atoms with Crippen LogP contribution in [0.5, 0.6) is 0 Å². The molecule has 0 radical (unpaired) electrons. The van der Waals surface area contributed by atoms with Gasteiger partial charge in [-0.3, -0.25) is 0 Å². The van der Waals surface area contributed by atoms with Gasteiger partial charge < -0.3 is 24.5 Å². The number of ether oxygens (including phenoxy) is 1. The van der Waals surface area contributed by atoms with Crippen molar-refractivity contribution in [3.63, 3.8) is 0 Å². The zero-order valence-corrected chi connectivity index (χ0v) is 10.6. The van der Waals surface area contributed by atoms with E-state index in [-0.39, 0.29) is 13.0 Å². The molecular formula is C12H16N2O5. The average Bonchev–Trinajstić information content (AvgIpc) is 3.00. The van der Waals surface area contributed by atoms with Gasteiger partial charge in [-0.05, 0) is 6.07 Å². The van der Waals surface area contributed by atoms with E-state index in [0.29, 0.717) is 13.2 Å². The Hall–Kier alpha value is -2.02. The van der Waals surface area contributed by atoms with Crippen LogP contribution in [0, 0.1) is 0 Å². The van der Waals surface area contributed by atoms with E-state index in [2.05, 4.69) is 5.32 Å². The zero-order valence-electron chi connectivity index (χ0n) is 10.6. The summed E-state index contributed by atoms with van der Waals surface area (Å²) >= 11 is 0. The number of hydrogen-bond donors (Lipinski definition) is 2. The van der Waals surface area contributed by atoms with Crippen molar-refractivity contribution in [2.45, 2.75) is 18.5 Å². The van der Waals surface area contributed by atoms with E-state index < -0.39 is 17.5 Å². The lowest BCUT2D eigenvalue weighted by Crippen LogP contribution is -2.57. The third-order valence-electron chi connectivity index (χ3n) is 3.12. The molecule has 2 rings (SSSR count). The van der Waals surface area contributed by atoms with Crippen LogP contribution in [0.4, 0.5) is 4.79 Å². The van der Waals surface area contributed by atoms with Gasteiger partial charge in [0, 0.05) is 25.6 Å². The van der Waals surface area contributed by atoms with E-state index in [1.165, 1.54) is 17.4 Å². The molecule has 104 valence electrons. The van der Waals surface area contributed by atoms with E-state index in [4.69, 9.17) is 9.15 Å². The lowest BCUT2D eigenvalue weighted by molar-refractivity contribution is -0.144. The van der Waals surface area contributed by atoms with Gasteiger partial charge in [-0.15, -0.1) is 0 Å². The molecule has 2 amide bonds. The molecule has 1 fully saturated rings. The van der Waals surface area contributed by atoms with Crippen molar-refractivity contribution in [2.24, 2.45) is 0 Å². The van der Waals surface area contributed by atoms with Crippen LogP contribution in [-0.4, -0.2) is 47.8 Å². The summed E-state index contributed by atoms with van der Waals surface area (Å²) in [5.74, 6) is -1.07. The summed E-state index contributed by atoms with van der Waals surface area (Å²) in [6.45, 7) is 0.671. The summed E-state index contributed by atoms with van der Waals surface area (Å²) in [6, 6.07) is 1.30. The Labute approximate surface area is 110 Å². The summed E-state index contributed by atoms with van der Waals surface area (Å²) in [5, 5.41) is 11.8. The van der Waals surface area contributed by atoms with Gasteiger partial charge >= 0.3 is 12.0 Å². The molecule has 0 bridgehead atoms. The van der Waals surface area contributed by atoms with Crippen molar-refractivity contribution >= 4 is 12.0 Å². The minimum atomic E-state index is -1.32. The standard InChI is InChI=1S/C12H16N2O5/c1-14(6-9-2-4-18-7-9)11(17)13-12(10(15)16)3-5-19-8-12/h2,4,7H,3,5-6,8H2,1H3,(H,13,17)(H,15,16). The SMILES string of the molecule is CN(Cc1ccoc1)C(=O)NC1(C(=O)O)CCOC1. The fraction of sp³-hybridized carbons (Fsp3) is 0.500. The topological polar surface area (TPSA) is 92.0 Å². The van der Waals surface area contributed by atoms with Gasteiger partial charge in [-0.1, -0.05) is 0 Å². The Bertz CT molecular complexity index is 451. The number of carboxylic acids is 1. The maximum Gasteiger partial charge on any atom is 0.332 e. The van der Waals surface area contributed by atoms with Crippen LogP contribution in [0.3, 0.4) is 0 Å². The zero-order chi connectivity index (χ0) is 13.9. The van der Waals surface area contributed by atoms with Gasteiger partial charge in [0.1, 0.15) is 0 Å². The number of amides is 2. The predicted octanol–water partition coefficient (Wildman–Crippen LogP) is 0.665. The van der Waals surface area contributed by atoms with Crippen molar-refractivity contribution in [3.05, 3.63) is 24.2 Å². The summed E-state index contributed by atoms with van der Waals surface area (Å²) in [6.07, 6.45) is 3.33. The molecular weight excluding hydrogens is 252 g/mol. The van der Waals surface area contributed by atoms with Crippen LogP contribution in [0.1, 0.15) is 12.0 Å². The van der Waals surface area contributed by atoms with Crippen molar-refractivity contribution in [2.75, 3.05) is 20.3 Å². The summed E-state index contributed by atoms with van der Waals surface area (Å²) < 4.78 is 9.99. The van der Waals surface area contributed by atoms with E-state index >= 15 is 0 Å². The molecule has 19 heavy (non-hydrogen) atoms. The van der Waals surface area contributed by atoms with E-state index in [1.54, 1.807) is 13.1 Å². The van der Waals surface area contributed by atoms with Gasteiger partial charge in [0.05, 0.1) is 25.7 Å². The Morgan fingerprint density at radius 2 is 2.37 bits per heavy atom. The van der Waals surface area contributed by atoms with E-state index in [0.717, 1.165) is 5.56 Å². The first-order valence-corrected chi connectivity index (χ1v) is 5.89. The van der Waals surface area contributed by atoms with Crippen LogP contribution >= 0.6 is 0 Å². The number of carbonyl (C=O) groups is 2. The highest BCUT2D eigenvalue weighted by atomic mass is 16.5. The monoisotopic (exact) mass is 268 g/mol. The summed E-state index contributed by atoms with van der Waals surface area (Å²) in [5.41, 5.74) is -0.480. The van der Waals surface area contributed by atoms with Crippen LogP contribution in [-0.2, 0) is 16.1 Å². The van der Waals surface area contributed by atoms with Crippen molar-refractivity contribution in [1.82, 2.24) is 10.2 Å². The number of nitrogens with zero attached hydrogens (tertiary/aromatic N) is 1. The minimum Gasteiger partial charge on any atom is -0.479 e. The summed E-state index contributed by atoms with van der Waals surface area (Å²) in [4.78, 5) is 24.7. The predicted molar refractivity (Wildman–Crippen MR) is 64.5 cm³/mol. The smallest absolute Gasteiger partial charge is 0.332 e. The van der Waals surface area contributed by atoms with Crippen LogP contribution in [0.15, 0.2) is 23.0 Å². The second-order valence-electron chi connectivity index (χ2n) is 4.61. The van der Waals surface area contributed by atoms with Gasteiger partial charge in [-0.25, -0.2) is 9.59 Å². The highest BCUT2D eigenvalue weighted by molar-refractivity contribution is 5.86. The van der Waals surface area contributed by atoms with Gasteiger partial charge in [0.25, 0.3) is 0 Å². The lowest BCUT2D eigenvalue weighted by Gasteiger charge is -2.27. The normalized spacial score (nSPS) is 22.2. The molecule has 0 aliphatic carbocycles. The van der Waals surface area contributed by atoms with Crippen LogP contribution in [0.25, 0.3) is 0 Å². The first-order chi connectivity index (χ1) is 9.03. The van der Waals surface area contributed by atoms with E-state index in [9.17, 15) is 14.7 Å². The van der Waals surface area contributed by atoms with Crippen LogP contribution in [0.2, 0.25) is 0 Å². The lowest BCUT2D eigenvalue weighted by atomic mass is 9.99. The fourth-order valence-corrected chi connectivity index (χ4v) is 1.91. The number of carboxylic acid groups (broad SMARTS) is 1. The highest BCUT2D eigenvalue weighted by Crippen LogP contribution is 2.19. The number of rotatable bonds is 4. The van der Waals surface area contributed by atoms with Gasteiger partial charge in [-0.2, -0.15) is 0 Å². The fourth-order valence-electron chi connectivity index (χ4n) is 1.91. The number of hydrogen-bond acceptors (Lipinski definition) is 4. The van der Waals surface area contributed by atoms with Crippen molar-refractivity contribution in [3.8, 4) is 0 Å². The Morgan fingerprint density at radius 3 is 2.89 bits per heavy atom. The third-order valence-corrected chi connectivity index (χ3v) is 3.12. The quantitative estimate of drug-likeness (QED) is 0.837. The van der Waals surface area contributed by atoms with Gasteiger partial charge in [0.15, 0.2) is 5.54 Å². The molecule has 1 aromatic rings. The molecule has 1 aromatic heterocycles. The number of urea groups is 1. The first-order valence-electron chi connectivity index (χ1n) is 5.89. The minimum absolute atomic E-state index is 0.00633. The molecule has 0 spiro atoms. The first kappa shape index (κ1) is 13.4. The average molecular weight is 268 g/mol. The Balaban J connectivity index is 1.97. The molecule has 1 unspecified atom stereocenters. The summed E-state index contributed by atoms with van der Waals surface area (Å²) in [7, 11) is 1.59. The molecule has 7 nitrogen and oxygen atoms in total. The molecule has 2 N–H and O–H groups in total. The second-order valence-corrected chi connectivity index (χ2v) is 4.61. The number of furan rings is 1. The highest BCUT2D eigenvalue weighted by Gasteiger charge is 2.44. The van der Waals surface area contributed by atoms with Gasteiger partial charge in [0.2, 0.25) is 0 Å². The maximum atomic E-state index is 12.0. The maximum absolute atomic E-state index is 12.0. The molecule has 7 heteroatoms. The Kier molecular flexibility index (Phi) is 3.75. The molecule has 1 aliphatic heterocycles. The number of aliphatic carboxylic acids is 1. The molecule has 0 saturated carbocycles. The number of carbonyl (C=O) groups excluding carboxylic acids is 1. The van der Waals surface area contributed by atoms with Crippen molar-refractivity contribution < 1.29 is 23.8 Å². The second kappa shape index (κ2) is 5.31. The molecule has 0 aromatic carbocycles. The Morgan fingerprint density at radius 1 is 1.58 bits per heavy atom. The number of nitrogens with one attached hydrogen (secondary N) is 1. The molecule has 1 saturated heterocycles. The third kappa shape index (κ3) is 2.87. The van der Waals surface area contributed by atoms with Crippen LogP contribution < -0.4 is 5.32 Å². The van der Waals surface area contributed by atoms with E-state index in [1.807, 2.05) is 0 Å². The van der Waals surface area contributed by atoms with Crippen molar-refractivity contribution in [1.29, 1.82) is 0 Å². The molecule has 2 heterocycles.